The highest BCUT2D eigenvalue weighted by molar-refractivity contribution is 7.89. The minimum atomic E-state index is -3.59. The number of sulfonamides is 1. The lowest BCUT2D eigenvalue weighted by molar-refractivity contribution is -0.126. The van der Waals surface area contributed by atoms with Crippen molar-refractivity contribution >= 4 is 21.8 Å². The molecule has 3 rings (SSSR count). The Hall–Kier alpha value is -2.65. The molecule has 1 aromatic carbocycles. The number of hydrogen-bond acceptors (Lipinski definition) is 5. The number of likely N-dealkylation sites (tertiary alicyclic amines) is 1. The monoisotopic (exact) mass is 433 g/mol. The Bertz CT molecular complexity index is 986. The van der Waals surface area contributed by atoms with E-state index in [-0.39, 0.29) is 35.2 Å². The van der Waals surface area contributed by atoms with E-state index >= 15 is 0 Å². The molecule has 2 N–H and O–H groups in total. The van der Waals surface area contributed by atoms with Crippen LogP contribution in [-0.4, -0.2) is 44.3 Å². The first kappa shape index (κ1) is 22.0. The molecular weight excluding hydrogens is 406 g/mol. The first-order valence-electron chi connectivity index (χ1n) is 9.97. The molecule has 0 aliphatic carbocycles. The fourth-order valence-electron chi connectivity index (χ4n) is 3.48. The minimum Gasteiger partial charge on any atom is -0.472 e. The number of piperidine rings is 1. The molecule has 162 valence electrons. The molecule has 1 saturated heterocycles. The van der Waals surface area contributed by atoms with Crippen molar-refractivity contribution in [2.24, 2.45) is 5.92 Å². The van der Waals surface area contributed by atoms with Gasteiger partial charge in [0, 0.05) is 25.7 Å². The van der Waals surface area contributed by atoms with Gasteiger partial charge in [-0.25, -0.2) is 13.1 Å². The van der Waals surface area contributed by atoms with Crippen LogP contribution in [0.1, 0.15) is 42.6 Å². The molecule has 1 aromatic heterocycles. The normalized spacial score (nSPS) is 17.2. The van der Waals surface area contributed by atoms with Crippen molar-refractivity contribution in [3.63, 3.8) is 0 Å². The molecule has 1 aliphatic heterocycles. The average molecular weight is 434 g/mol. The number of nitrogens with zero attached hydrogens (tertiary/aromatic N) is 1. The Morgan fingerprint density at radius 2 is 2.07 bits per heavy atom. The second kappa shape index (κ2) is 9.44. The van der Waals surface area contributed by atoms with Crippen LogP contribution in [0.2, 0.25) is 0 Å². The number of hydrogen-bond donors (Lipinski definition) is 2. The number of carbonyl (C=O) groups is 2. The van der Waals surface area contributed by atoms with E-state index in [2.05, 4.69) is 10.0 Å². The van der Waals surface area contributed by atoms with E-state index in [9.17, 15) is 18.0 Å². The van der Waals surface area contributed by atoms with Crippen molar-refractivity contribution < 1.29 is 22.4 Å². The van der Waals surface area contributed by atoms with Crippen LogP contribution in [0, 0.1) is 5.92 Å². The summed E-state index contributed by atoms with van der Waals surface area (Å²) < 4.78 is 32.2. The van der Waals surface area contributed by atoms with E-state index in [1.54, 1.807) is 43.0 Å². The lowest BCUT2D eigenvalue weighted by Gasteiger charge is -2.31. The van der Waals surface area contributed by atoms with Crippen LogP contribution in [0.4, 0.5) is 0 Å². The van der Waals surface area contributed by atoms with Gasteiger partial charge >= 0.3 is 0 Å². The van der Waals surface area contributed by atoms with E-state index in [4.69, 9.17) is 4.42 Å². The SMILES string of the molecule is CC(C)NS(=O)(=O)c1cccc(CNC(=O)C2CCCN(C(=O)c3ccoc3)C2)c1. The van der Waals surface area contributed by atoms with Crippen LogP contribution in [-0.2, 0) is 21.4 Å². The second-order valence-electron chi connectivity index (χ2n) is 7.74. The highest BCUT2D eigenvalue weighted by Gasteiger charge is 2.29. The van der Waals surface area contributed by atoms with Crippen molar-refractivity contribution in [3.05, 3.63) is 54.0 Å². The zero-order valence-electron chi connectivity index (χ0n) is 17.1. The van der Waals surface area contributed by atoms with Gasteiger partial charge in [0.1, 0.15) is 6.26 Å². The van der Waals surface area contributed by atoms with Crippen molar-refractivity contribution in [1.82, 2.24) is 14.9 Å². The van der Waals surface area contributed by atoms with Crippen LogP contribution in [0.25, 0.3) is 0 Å². The third kappa shape index (κ3) is 5.48. The van der Waals surface area contributed by atoms with E-state index in [0.29, 0.717) is 30.6 Å². The van der Waals surface area contributed by atoms with Crippen LogP contribution >= 0.6 is 0 Å². The molecule has 30 heavy (non-hydrogen) atoms. The van der Waals surface area contributed by atoms with Gasteiger partial charge in [0.15, 0.2) is 0 Å². The highest BCUT2D eigenvalue weighted by Crippen LogP contribution is 2.19. The number of amides is 2. The molecule has 2 amide bonds. The fraction of sp³-hybridized carbons (Fsp3) is 0.429. The largest absolute Gasteiger partial charge is 0.472 e. The van der Waals surface area contributed by atoms with Crippen molar-refractivity contribution in [2.75, 3.05) is 13.1 Å². The van der Waals surface area contributed by atoms with Crippen LogP contribution in [0.15, 0.2) is 52.2 Å². The van der Waals surface area contributed by atoms with Crippen LogP contribution in [0.3, 0.4) is 0 Å². The molecule has 0 radical (unpaired) electrons. The summed E-state index contributed by atoms with van der Waals surface area (Å²) in [5.41, 5.74) is 1.17. The highest BCUT2D eigenvalue weighted by atomic mass is 32.2. The quantitative estimate of drug-likeness (QED) is 0.695. The maximum Gasteiger partial charge on any atom is 0.257 e. The number of benzene rings is 1. The second-order valence-corrected chi connectivity index (χ2v) is 9.46. The number of furan rings is 1. The maximum atomic E-state index is 12.7. The van der Waals surface area contributed by atoms with Gasteiger partial charge in [-0.05, 0) is 50.5 Å². The molecule has 1 unspecified atom stereocenters. The van der Waals surface area contributed by atoms with Crippen LogP contribution < -0.4 is 10.0 Å². The fourth-order valence-corrected chi connectivity index (χ4v) is 4.80. The van der Waals surface area contributed by atoms with Gasteiger partial charge in [-0.15, -0.1) is 0 Å². The Kier molecular flexibility index (Phi) is 6.94. The molecule has 0 bridgehead atoms. The van der Waals surface area contributed by atoms with E-state index in [1.165, 1.54) is 18.6 Å². The van der Waals surface area contributed by atoms with Gasteiger partial charge in [-0.1, -0.05) is 12.1 Å². The van der Waals surface area contributed by atoms with Gasteiger partial charge in [0.2, 0.25) is 15.9 Å². The van der Waals surface area contributed by atoms with E-state index in [1.807, 2.05) is 0 Å². The molecule has 1 aliphatic rings. The Morgan fingerprint density at radius 3 is 2.77 bits per heavy atom. The number of carbonyl (C=O) groups excluding carboxylic acids is 2. The zero-order valence-corrected chi connectivity index (χ0v) is 17.9. The Morgan fingerprint density at radius 1 is 1.27 bits per heavy atom. The van der Waals surface area contributed by atoms with E-state index in [0.717, 1.165) is 6.42 Å². The zero-order chi connectivity index (χ0) is 21.7. The lowest BCUT2D eigenvalue weighted by Crippen LogP contribution is -2.45. The summed E-state index contributed by atoms with van der Waals surface area (Å²) in [5.74, 6) is -0.589. The van der Waals surface area contributed by atoms with Gasteiger partial charge in [-0.2, -0.15) is 0 Å². The Balaban J connectivity index is 1.59. The first-order valence-corrected chi connectivity index (χ1v) is 11.4. The van der Waals surface area contributed by atoms with Gasteiger partial charge in [-0.3, -0.25) is 9.59 Å². The average Bonchev–Trinajstić information content (AvgIpc) is 3.26. The molecule has 0 spiro atoms. The molecule has 0 saturated carbocycles. The van der Waals surface area contributed by atoms with Crippen molar-refractivity contribution in [2.45, 2.75) is 44.2 Å². The minimum absolute atomic E-state index is 0.142. The summed E-state index contributed by atoms with van der Waals surface area (Å²) in [4.78, 5) is 27.0. The molecule has 8 nitrogen and oxygen atoms in total. The van der Waals surface area contributed by atoms with Gasteiger partial charge < -0.3 is 14.6 Å². The van der Waals surface area contributed by atoms with E-state index < -0.39 is 10.0 Å². The molecule has 9 heteroatoms. The predicted molar refractivity (Wildman–Crippen MR) is 111 cm³/mol. The van der Waals surface area contributed by atoms with Gasteiger partial charge in [0.25, 0.3) is 5.91 Å². The third-order valence-electron chi connectivity index (χ3n) is 4.91. The molecular formula is C21H27N3O5S. The molecule has 1 atom stereocenters. The molecule has 2 heterocycles. The lowest BCUT2D eigenvalue weighted by atomic mass is 9.96. The maximum absolute atomic E-state index is 12.7. The number of rotatable bonds is 7. The van der Waals surface area contributed by atoms with Crippen molar-refractivity contribution in [3.8, 4) is 0 Å². The smallest absolute Gasteiger partial charge is 0.257 e. The first-order chi connectivity index (χ1) is 14.3. The Labute approximate surface area is 176 Å². The predicted octanol–water partition coefficient (Wildman–Crippen LogP) is 2.13. The summed E-state index contributed by atoms with van der Waals surface area (Å²) in [7, 11) is -3.59. The summed E-state index contributed by atoms with van der Waals surface area (Å²) in [5, 5.41) is 2.87. The van der Waals surface area contributed by atoms with Gasteiger partial charge in [0.05, 0.1) is 22.6 Å². The summed E-state index contributed by atoms with van der Waals surface area (Å²) in [6.45, 7) is 4.69. The summed E-state index contributed by atoms with van der Waals surface area (Å²) in [6.07, 6.45) is 4.30. The molecule has 2 aromatic rings. The molecule has 1 fully saturated rings. The van der Waals surface area contributed by atoms with Crippen molar-refractivity contribution in [1.29, 1.82) is 0 Å². The van der Waals surface area contributed by atoms with Crippen LogP contribution in [0.5, 0.6) is 0 Å². The summed E-state index contributed by atoms with van der Waals surface area (Å²) >= 11 is 0. The standard InChI is InChI=1S/C21H27N3O5S/c1-15(2)23-30(27,28)19-7-3-5-16(11-19)12-22-20(25)17-6-4-9-24(13-17)21(26)18-8-10-29-14-18/h3,5,7-8,10-11,14-15,17,23H,4,6,9,12-13H2,1-2H3,(H,22,25). The summed E-state index contributed by atoms with van der Waals surface area (Å²) in [6, 6.07) is 7.91. The third-order valence-corrected chi connectivity index (χ3v) is 6.57. The number of nitrogens with one attached hydrogen (secondary N) is 2. The topological polar surface area (TPSA) is 109 Å².